The molecular formula is C9H10N2O2. The Morgan fingerprint density at radius 2 is 2.31 bits per heavy atom. The fourth-order valence-electron chi connectivity index (χ4n) is 1.55. The van der Waals surface area contributed by atoms with E-state index in [0.717, 1.165) is 24.7 Å². The molecule has 1 aromatic heterocycles. The molecule has 13 heavy (non-hydrogen) atoms. The number of carbonyl (C=O) groups excluding carboxylic acids is 2. The minimum absolute atomic E-state index is 0.111. The van der Waals surface area contributed by atoms with Gasteiger partial charge in [-0.2, -0.15) is 0 Å². The van der Waals surface area contributed by atoms with Gasteiger partial charge in [-0.1, -0.05) is 0 Å². The van der Waals surface area contributed by atoms with E-state index in [2.05, 4.69) is 10.3 Å². The number of hydrogen-bond donors (Lipinski definition) is 2. The van der Waals surface area contributed by atoms with Crippen LogP contribution < -0.4 is 5.32 Å². The molecule has 0 aromatic carbocycles. The lowest BCUT2D eigenvalue weighted by molar-refractivity contribution is 0.0951. The van der Waals surface area contributed by atoms with E-state index in [1.165, 1.54) is 0 Å². The predicted octanol–water partition coefficient (Wildman–Crippen LogP) is 0.503. The van der Waals surface area contributed by atoms with Gasteiger partial charge < -0.3 is 10.3 Å². The highest BCUT2D eigenvalue weighted by molar-refractivity contribution is 5.95. The Hall–Kier alpha value is -1.58. The van der Waals surface area contributed by atoms with E-state index in [-0.39, 0.29) is 5.91 Å². The van der Waals surface area contributed by atoms with Crippen molar-refractivity contribution in [1.29, 1.82) is 0 Å². The molecule has 0 unspecified atom stereocenters. The summed E-state index contributed by atoms with van der Waals surface area (Å²) in [5.74, 6) is -0.111. The maximum absolute atomic E-state index is 11.4. The Morgan fingerprint density at radius 3 is 3.08 bits per heavy atom. The van der Waals surface area contributed by atoms with Crippen LogP contribution in [0.4, 0.5) is 0 Å². The maximum atomic E-state index is 11.4. The van der Waals surface area contributed by atoms with Crippen molar-refractivity contribution in [3.05, 3.63) is 23.0 Å². The van der Waals surface area contributed by atoms with E-state index >= 15 is 0 Å². The van der Waals surface area contributed by atoms with Crippen LogP contribution in [0.15, 0.2) is 6.07 Å². The molecule has 68 valence electrons. The van der Waals surface area contributed by atoms with Crippen molar-refractivity contribution in [1.82, 2.24) is 10.3 Å². The Morgan fingerprint density at radius 1 is 1.46 bits per heavy atom. The van der Waals surface area contributed by atoms with Crippen molar-refractivity contribution in [3.63, 3.8) is 0 Å². The minimum Gasteiger partial charge on any atom is -0.351 e. The van der Waals surface area contributed by atoms with Gasteiger partial charge in [0.15, 0.2) is 6.29 Å². The largest absolute Gasteiger partial charge is 0.351 e. The highest BCUT2D eigenvalue weighted by atomic mass is 16.2. The standard InChI is InChI=1S/C9H10N2O2/c12-5-7-4-6-2-1-3-10-9(13)8(6)11-7/h4-5,11H,1-3H2,(H,10,13). The van der Waals surface area contributed by atoms with Gasteiger partial charge in [0, 0.05) is 6.54 Å². The summed E-state index contributed by atoms with van der Waals surface area (Å²) < 4.78 is 0. The maximum Gasteiger partial charge on any atom is 0.267 e. The van der Waals surface area contributed by atoms with Crippen molar-refractivity contribution in [2.24, 2.45) is 0 Å². The van der Waals surface area contributed by atoms with E-state index in [1.54, 1.807) is 6.07 Å². The number of aromatic amines is 1. The first-order chi connectivity index (χ1) is 6.31. The Kier molecular flexibility index (Phi) is 1.88. The molecule has 0 spiro atoms. The molecular weight excluding hydrogens is 168 g/mol. The number of rotatable bonds is 1. The van der Waals surface area contributed by atoms with Gasteiger partial charge in [0.1, 0.15) is 5.69 Å². The number of carbonyl (C=O) groups is 2. The van der Waals surface area contributed by atoms with Crippen molar-refractivity contribution < 1.29 is 9.59 Å². The molecule has 0 bridgehead atoms. The zero-order valence-electron chi connectivity index (χ0n) is 7.09. The second-order valence-corrected chi connectivity index (χ2v) is 3.10. The third kappa shape index (κ3) is 1.35. The van der Waals surface area contributed by atoms with E-state index in [4.69, 9.17) is 0 Å². The van der Waals surface area contributed by atoms with Crippen LogP contribution in [-0.2, 0) is 6.42 Å². The van der Waals surface area contributed by atoms with Gasteiger partial charge in [-0.15, -0.1) is 0 Å². The fraction of sp³-hybridized carbons (Fsp3) is 0.333. The fourth-order valence-corrected chi connectivity index (χ4v) is 1.55. The molecule has 1 aliphatic heterocycles. The molecule has 0 aliphatic carbocycles. The number of nitrogens with one attached hydrogen (secondary N) is 2. The topological polar surface area (TPSA) is 62.0 Å². The van der Waals surface area contributed by atoms with Crippen LogP contribution in [0, 0.1) is 0 Å². The van der Waals surface area contributed by atoms with Gasteiger partial charge in [0.25, 0.3) is 5.91 Å². The molecule has 1 aromatic rings. The monoisotopic (exact) mass is 178 g/mol. The number of H-pyrrole nitrogens is 1. The molecule has 1 aliphatic rings. The Balaban J connectivity index is 2.44. The van der Waals surface area contributed by atoms with Crippen LogP contribution >= 0.6 is 0 Å². The van der Waals surface area contributed by atoms with Crippen LogP contribution in [-0.4, -0.2) is 23.7 Å². The quantitative estimate of drug-likeness (QED) is 0.615. The zero-order valence-corrected chi connectivity index (χ0v) is 7.09. The Labute approximate surface area is 75.3 Å². The molecule has 4 nitrogen and oxygen atoms in total. The van der Waals surface area contributed by atoms with Crippen molar-refractivity contribution in [2.45, 2.75) is 12.8 Å². The highest BCUT2D eigenvalue weighted by Gasteiger charge is 2.17. The number of aromatic nitrogens is 1. The van der Waals surface area contributed by atoms with E-state index in [0.29, 0.717) is 17.9 Å². The molecule has 0 atom stereocenters. The van der Waals surface area contributed by atoms with Gasteiger partial charge in [-0.25, -0.2) is 0 Å². The van der Waals surface area contributed by atoms with E-state index in [1.807, 2.05) is 0 Å². The summed E-state index contributed by atoms with van der Waals surface area (Å²) in [5, 5.41) is 2.75. The van der Waals surface area contributed by atoms with Crippen LogP contribution in [0.3, 0.4) is 0 Å². The van der Waals surface area contributed by atoms with Crippen LogP contribution in [0.2, 0.25) is 0 Å². The zero-order chi connectivity index (χ0) is 9.26. The van der Waals surface area contributed by atoms with Gasteiger partial charge in [-0.05, 0) is 24.5 Å². The van der Waals surface area contributed by atoms with Crippen LogP contribution in [0.25, 0.3) is 0 Å². The Bertz CT molecular complexity index is 354. The van der Waals surface area contributed by atoms with Crippen molar-refractivity contribution >= 4 is 12.2 Å². The molecule has 0 radical (unpaired) electrons. The molecule has 2 rings (SSSR count). The third-order valence-corrected chi connectivity index (χ3v) is 2.18. The van der Waals surface area contributed by atoms with Crippen molar-refractivity contribution in [2.75, 3.05) is 6.54 Å². The number of aldehydes is 1. The van der Waals surface area contributed by atoms with Crippen LogP contribution in [0.1, 0.15) is 33.0 Å². The SMILES string of the molecule is O=Cc1cc2c([nH]1)C(=O)NCCC2. The molecule has 0 saturated carbocycles. The summed E-state index contributed by atoms with van der Waals surface area (Å²) in [6.45, 7) is 0.706. The molecule has 2 N–H and O–H groups in total. The lowest BCUT2D eigenvalue weighted by Crippen LogP contribution is -2.23. The lowest BCUT2D eigenvalue weighted by atomic mass is 10.1. The lowest BCUT2D eigenvalue weighted by Gasteiger charge is -1.96. The number of amides is 1. The molecule has 2 heterocycles. The van der Waals surface area contributed by atoms with Crippen LogP contribution in [0.5, 0.6) is 0 Å². The summed E-state index contributed by atoms with van der Waals surface area (Å²) in [4.78, 5) is 24.6. The molecule has 1 amide bonds. The first-order valence-corrected chi connectivity index (χ1v) is 4.26. The molecule has 0 saturated heterocycles. The minimum atomic E-state index is -0.111. The summed E-state index contributed by atoms with van der Waals surface area (Å²) in [5.41, 5.74) is 1.96. The summed E-state index contributed by atoms with van der Waals surface area (Å²) >= 11 is 0. The van der Waals surface area contributed by atoms with Gasteiger partial charge in [0.2, 0.25) is 0 Å². The first-order valence-electron chi connectivity index (χ1n) is 4.26. The van der Waals surface area contributed by atoms with E-state index < -0.39 is 0 Å². The van der Waals surface area contributed by atoms with E-state index in [9.17, 15) is 9.59 Å². The first kappa shape index (κ1) is 8.04. The average Bonchev–Trinajstić information content (AvgIpc) is 2.48. The number of aryl methyl sites for hydroxylation is 1. The predicted molar refractivity (Wildman–Crippen MR) is 46.8 cm³/mol. The smallest absolute Gasteiger partial charge is 0.267 e. The van der Waals surface area contributed by atoms with Gasteiger partial charge >= 0.3 is 0 Å². The normalized spacial score (nSPS) is 15.8. The highest BCUT2D eigenvalue weighted by Crippen LogP contribution is 2.14. The molecule has 0 fully saturated rings. The van der Waals surface area contributed by atoms with Gasteiger partial charge in [0.05, 0.1) is 5.69 Å². The number of fused-ring (bicyclic) bond motifs is 1. The summed E-state index contributed by atoms with van der Waals surface area (Å²) in [6.07, 6.45) is 2.50. The average molecular weight is 178 g/mol. The summed E-state index contributed by atoms with van der Waals surface area (Å²) in [6, 6.07) is 1.74. The van der Waals surface area contributed by atoms with Crippen molar-refractivity contribution in [3.8, 4) is 0 Å². The van der Waals surface area contributed by atoms with Gasteiger partial charge in [-0.3, -0.25) is 9.59 Å². The second kappa shape index (κ2) is 3.05. The third-order valence-electron chi connectivity index (χ3n) is 2.18. The number of hydrogen-bond acceptors (Lipinski definition) is 2. The summed E-state index contributed by atoms with van der Waals surface area (Å²) in [7, 11) is 0. The molecule has 4 heteroatoms. The second-order valence-electron chi connectivity index (χ2n) is 3.10.